The molecule has 0 spiro atoms. The van der Waals surface area contributed by atoms with Crippen LogP contribution in [0.3, 0.4) is 0 Å². The molecule has 4 aromatic carbocycles. The number of likely N-dealkylation sites (tertiary alicyclic amines) is 1. The number of nitrogens with zero attached hydrogens (tertiary/aromatic N) is 4. The summed E-state index contributed by atoms with van der Waals surface area (Å²) in [5.74, 6) is 0.608. The molecule has 6 aromatic rings. The molecule has 1 saturated heterocycles. The maximum atomic E-state index is 14.4. The number of halogens is 2. The minimum atomic E-state index is -0.709. The highest BCUT2D eigenvalue weighted by Gasteiger charge is 2.26. The van der Waals surface area contributed by atoms with E-state index in [1.807, 2.05) is 42.6 Å². The van der Waals surface area contributed by atoms with Crippen molar-refractivity contribution in [3.63, 3.8) is 0 Å². The van der Waals surface area contributed by atoms with E-state index in [1.54, 1.807) is 4.68 Å². The van der Waals surface area contributed by atoms with E-state index in [2.05, 4.69) is 41.2 Å². The number of imidazole rings is 1. The lowest BCUT2D eigenvalue weighted by Crippen LogP contribution is -2.29. The van der Waals surface area contributed by atoms with Crippen molar-refractivity contribution in [2.75, 3.05) is 20.1 Å². The molecule has 0 amide bonds. The number of hydrogen-bond donors (Lipinski definition) is 2. The minimum absolute atomic E-state index is 0.0482. The number of H-pyrrole nitrogens is 1. The number of phenolic OH excluding ortho intramolecular Hbond substituents is 1. The molecule has 0 saturated carbocycles. The van der Waals surface area contributed by atoms with Crippen LogP contribution in [-0.2, 0) is 0 Å². The molecule has 1 atom stereocenters. The van der Waals surface area contributed by atoms with E-state index >= 15 is 0 Å². The van der Waals surface area contributed by atoms with Crippen LogP contribution in [0.2, 0.25) is 5.02 Å². The Morgan fingerprint density at radius 1 is 1.00 bits per heavy atom. The third-order valence-electron chi connectivity index (χ3n) is 8.26. The summed E-state index contributed by atoms with van der Waals surface area (Å²) in [4.78, 5) is 10.5. The van der Waals surface area contributed by atoms with Crippen molar-refractivity contribution >= 4 is 33.5 Å². The normalized spacial score (nSPS) is 15.6. The van der Waals surface area contributed by atoms with Crippen molar-refractivity contribution in [3.05, 3.63) is 113 Å². The van der Waals surface area contributed by atoms with Crippen molar-refractivity contribution in [2.45, 2.75) is 24.8 Å². The first-order valence-corrected chi connectivity index (χ1v) is 14.2. The van der Waals surface area contributed by atoms with Crippen molar-refractivity contribution in [1.82, 2.24) is 24.6 Å². The first kappa shape index (κ1) is 25.7. The molecule has 3 heterocycles. The summed E-state index contributed by atoms with van der Waals surface area (Å²) >= 11 is 7.00. The number of nitrogens with one attached hydrogen (secondary N) is 1. The molecule has 1 unspecified atom stereocenters. The third kappa shape index (κ3) is 4.75. The number of phenols is 1. The summed E-state index contributed by atoms with van der Waals surface area (Å²) in [6, 6.07) is 23.6. The van der Waals surface area contributed by atoms with Crippen molar-refractivity contribution < 1.29 is 9.50 Å². The predicted molar refractivity (Wildman–Crippen MR) is 161 cm³/mol. The van der Waals surface area contributed by atoms with Gasteiger partial charge in [0, 0.05) is 22.7 Å². The lowest BCUT2D eigenvalue weighted by Gasteiger charge is -2.29. The number of para-hydroxylation sites is 2. The average molecular weight is 566 g/mol. The van der Waals surface area contributed by atoms with Gasteiger partial charge in [-0.1, -0.05) is 60.1 Å². The molecular weight excluding hydrogens is 537 g/mol. The molecule has 1 fully saturated rings. The Balaban J connectivity index is 1.29. The highest BCUT2D eigenvalue weighted by atomic mass is 35.5. The fraction of sp³-hybridized carbons (Fsp3) is 0.212. The number of fused-ring (bicyclic) bond motifs is 2. The van der Waals surface area contributed by atoms with Crippen molar-refractivity contribution in [1.29, 1.82) is 0 Å². The quantitative estimate of drug-likeness (QED) is 0.227. The third-order valence-corrected chi connectivity index (χ3v) is 8.64. The van der Waals surface area contributed by atoms with Crippen LogP contribution in [0.4, 0.5) is 4.39 Å². The van der Waals surface area contributed by atoms with Crippen molar-refractivity contribution in [2.24, 2.45) is 0 Å². The van der Waals surface area contributed by atoms with Gasteiger partial charge in [0.25, 0.3) is 0 Å². The predicted octanol–water partition coefficient (Wildman–Crippen LogP) is 7.52. The molecule has 0 bridgehead atoms. The molecule has 8 heteroatoms. The van der Waals surface area contributed by atoms with Crippen LogP contribution in [0.1, 0.15) is 41.8 Å². The van der Waals surface area contributed by atoms with Gasteiger partial charge in [-0.2, -0.15) is 5.10 Å². The smallest absolute Gasteiger partial charge is 0.138 e. The molecule has 1 aliphatic heterocycles. The summed E-state index contributed by atoms with van der Waals surface area (Å²) < 4.78 is 16.1. The Labute approximate surface area is 242 Å². The van der Waals surface area contributed by atoms with Gasteiger partial charge in [0.2, 0.25) is 0 Å². The van der Waals surface area contributed by atoms with E-state index in [0.29, 0.717) is 27.8 Å². The maximum absolute atomic E-state index is 14.4. The van der Waals surface area contributed by atoms with Crippen LogP contribution in [0.25, 0.3) is 33.1 Å². The number of rotatable bonds is 5. The summed E-state index contributed by atoms with van der Waals surface area (Å²) in [6.07, 6.45) is 4.21. The molecular formula is C33H29ClFN5O. The zero-order valence-electron chi connectivity index (χ0n) is 22.6. The Morgan fingerprint density at radius 3 is 2.56 bits per heavy atom. The largest absolute Gasteiger partial charge is 0.508 e. The molecule has 1 aliphatic rings. The van der Waals surface area contributed by atoms with Crippen LogP contribution >= 0.6 is 11.6 Å². The minimum Gasteiger partial charge on any atom is -0.508 e. The number of aromatic hydroxyl groups is 1. The van der Waals surface area contributed by atoms with Gasteiger partial charge in [-0.15, -0.1) is 0 Å². The molecule has 41 heavy (non-hydrogen) atoms. The Morgan fingerprint density at radius 2 is 1.78 bits per heavy atom. The van der Waals surface area contributed by atoms with Crippen LogP contribution in [0, 0.1) is 5.82 Å². The van der Waals surface area contributed by atoms with Gasteiger partial charge in [0.05, 0.1) is 16.1 Å². The molecule has 7 rings (SSSR count). The molecule has 2 aromatic heterocycles. The topological polar surface area (TPSA) is 70.0 Å². The SMILES string of the molecule is CN1CCC(c2ccc(-c3ccc4cn(C(c5nc6ccccc6[nH]5)c5cc(F)ccc5O)nc4c3Cl)cc2)CC1. The molecule has 0 radical (unpaired) electrons. The van der Waals surface area contributed by atoms with E-state index < -0.39 is 11.9 Å². The van der Waals surface area contributed by atoms with Crippen LogP contribution in [0.15, 0.2) is 85.1 Å². The second-order valence-electron chi connectivity index (χ2n) is 10.9. The summed E-state index contributed by atoms with van der Waals surface area (Å²) in [7, 11) is 2.18. The first-order chi connectivity index (χ1) is 19.9. The Kier molecular flexibility index (Phi) is 6.48. The Hall–Kier alpha value is -4.20. The number of benzene rings is 4. The van der Waals surface area contributed by atoms with E-state index in [0.717, 1.165) is 40.6 Å². The van der Waals surface area contributed by atoms with Crippen molar-refractivity contribution in [3.8, 4) is 16.9 Å². The van der Waals surface area contributed by atoms with Gasteiger partial charge in [-0.25, -0.2) is 9.37 Å². The maximum Gasteiger partial charge on any atom is 0.138 e. The fourth-order valence-corrected chi connectivity index (χ4v) is 6.28. The van der Waals surface area contributed by atoms with Gasteiger partial charge in [-0.3, -0.25) is 4.68 Å². The van der Waals surface area contributed by atoms with E-state index in [9.17, 15) is 9.50 Å². The van der Waals surface area contributed by atoms with E-state index in [1.165, 1.54) is 36.6 Å². The second-order valence-corrected chi connectivity index (χ2v) is 11.3. The van der Waals surface area contributed by atoms with Gasteiger partial charge < -0.3 is 15.0 Å². The first-order valence-electron chi connectivity index (χ1n) is 13.8. The standard InChI is InChI=1S/C33H29ClFN5O/c1-39-16-14-21(15-17-39)20-6-8-22(9-7-20)25-12-10-23-19-40(38-31(23)30(25)34)32(26-18-24(35)11-13-29(26)41)33-36-27-4-2-3-5-28(27)37-33/h2-13,18-19,21,32,41H,14-17H2,1H3,(H,36,37). The van der Waals surface area contributed by atoms with Crippen LogP contribution < -0.4 is 0 Å². The molecule has 6 nitrogen and oxygen atoms in total. The number of aromatic amines is 1. The summed E-state index contributed by atoms with van der Waals surface area (Å²) in [5.41, 5.74) is 5.87. The summed E-state index contributed by atoms with van der Waals surface area (Å²) in [6.45, 7) is 2.25. The zero-order chi connectivity index (χ0) is 28.1. The van der Waals surface area contributed by atoms with Gasteiger partial charge in [0.15, 0.2) is 0 Å². The van der Waals surface area contributed by atoms with E-state index in [-0.39, 0.29) is 5.75 Å². The molecule has 0 aliphatic carbocycles. The van der Waals surface area contributed by atoms with E-state index in [4.69, 9.17) is 21.7 Å². The fourth-order valence-electron chi connectivity index (χ4n) is 5.97. The second kappa shape index (κ2) is 10.3. The number of piperidine rings is 1. The van der Waals surface area contributed by atoms with Crippen LogP contribution in [0.5, 0.6) is 5.75 Å². The zero-order valence-corrected chi connectivity index (χ0v) is 23.3. The van der Waals surface area contributed by atoms with Gasteiger partial charge in [0.1, 0.15) is 28.9 Å². The van der Waals surface area contributed by atoms with Crippen LogP contribution in [-0.4, -0.2) is 49.9 Å². The summed E-state index contributed by atoms with van der Waals surface area (Å²) in [5, 5.41) is 17.0. The van der Waals surface area contributed by atoms with Gasteiger partial charge in [-0.05, 0) is 80.4 Å². The van der Waals surface area contributed by atoms with Gasteiger partial charge >= 0.3 is 0 Å². The molecule has 2 N–H and O–H groups in total. The number of aromatic nitrogens is 4. The molecule has 206 valence electrons. The highest BCUT2D eigenvalue weighted by Crippen LogP contribution is 2.38. The lowest BCUT2D eigenvalue weighted by molar-refractivity contribution is 0.255. The highest BCUT2D eigenvalue weighted by molar-refractivity contribution is 6.37. The average Bonchev–Trinajstić information content (AvgIpc) is 3.61. The number of hydrogen-bond acceptors (Lipinski definition) is 4. The monoisotopic (exact) mass is 565 g/mol. The lowest BCUT2D eigenvalue weighted by atomic mass is 9.88. The Bertz CT molecular complexity index is 1840.